The number of nitro groups is 1. The number of piperazine rings is 1. The number of hydrogen-bond donors (Lipinski definition) is 0. The topological polar surface area (TPSA) is 111 Å². The van der Waals surface area contributed by atoms with Crippen molar-refractivity contribution in [2.45, 2.75) is 24.0 Å². The van der Waals surface area contributed by atoms with Crippen molar-refractivity contribution in [2.75, 3.05) is 32.7 Å². The molecule has 156 valence electrons. The summed E-state index contributed by atoms with van der Waals surface area (Å²) >= 11 is 5.84. The zero-order valence-corrected chi connectivity index (χ0v) is 17.3. The number of benzene rings is 1. The van der Waals surface area contributed by atoms with Crippen molar-refractivity contribution in [1.82, 2.24) is 18.8 Å². The van der Waals surface area contributed by atoms with Gasteiger partial charge in [-0.15, -0.1) is 0 Å². The molecule has 0 spiro atoms. The fraction of sp³-hybridized carbons (Fsp3) is 0.471. The van der Waals surface area contributed by atoms with Crippen molar-refractivity contribution in [2.24, 2.45) is 0 Å². The van der Waals surface area contributed by atoms with E-state index in [1.165, 1.54) is 22.6 Å². The molecule has 1 atom stereocenters. The number of hydrogen-bond acceptors (Lipinski definition) is 7. The quantitative estimate of drug-likeness (QED) is 0.511. The molecule has 3 heterocycles. The minimum atomic E-state index is -3.55. The van der Waals surface area contributed by atoms with Crippen LogP contribution in [0.5, 0.6) is 6.01 Å². The first kappa shape index (κ1) is 20.1. The lowest BCUT2D eigenvalue weighted by atomic mass is 10.1. The van der Waals surface area contributed by atoms with Crippen LogP contribution in [-0.2, 0) is 16.6 Å². The van der Waals surface area contributed by atoms with Crippen molar-refractivity contribution in [3.8, 4) is 6.01 Å². The van der Waals surface area contributed by atoms with Crippen LogP contribution in [0.15, 0.2) is 35.4 Å². The van der Waals surface area contributed by atoms with Gasteiger partial charge >= 0.3 is 11.8 Å². The Morgan fingerprint density at radius 3 is 2.48 bits per heavy atom. The number of aromatic nitrogens is 2. The Balaban J connectivity index is 1.36. The van der Waals surface area contributed by atoms with E-state index in [1.54, 1.807) is 16.7 Å². The molecule has 0 amide bonds. The Labute approximate surface area is 172 Å². The standard InChI is InChI=1S/C17H20ClN5O5S/c1-17(12-21-10-15(23(24)25)19-16(21)28-17)11-20-6-8-22(9-7-20)29(26,27)14-4-2-13(18)3-5-14/h2-5,10H,6-9,11-12H2,1H3. The molecule has 1 aromatic carbocycles. The van der Waals surface area contributed by atoms with Crippen molar-refractivity contribution >= 4 is 27.4 Å². The molecule has 10 nitrogen and oxygen atoms in total. The molecular formula is C17H20ClN5O5S. The summed E-state index contributed by atoms with van der Waals surface area (Å²) in [6, 6.07) is 6.40. The second-order valence-corrected chi connectivity index (χ2v) is 9.83. The van der Waals surface area contributed by atoms with Gasteiger partial charge < -0.3 is 14.9 Å². The number of nitrogens with zero attached hydrogens (tertiary/aromatic N) is 5. The monoisotopic (exact) mass is 441 g/mol. The Kier molecular flexibility index (Phi) is 5.01. The van der Waals surface area contributed by atoms with Gasteiger partial charge in [0.2, 0.25) is 10.0 Å². The summed E-state index contributed by atoms with van der Waals surface area (Å²) in [5.41, 5.74) is -0.575. The fourth-order valence-corrected chi connectivity index (χ4v) is 5.27. The maximum Gasteiger partial charge on any atom is 0.415 e. The van der Waals surface area contributed by atoms with E-state index < -0.39 is 20.5 Å². The molecule has 29 heavy (non-hydrogen) atoms. The van der Waals surface area contributed by atoms with Gasteiger partial charge in [-0.05, 0) is 36.1 Å². The number of ether oxygens (including phenoxy) is 1. The minimum Gasteiger partial charge on any atom is -0.436 e. The van der Waals surface area contributed by atoms with Crippen LogP contribution in [0.4, 0.5) is 5.82 Å². The molecule has 0 saturated carbocycles. The van der Waals surface area contributed by atoms with Crippen LogP contribution in [-0.4, -0.2) is 70.4 Å². The lowest BCUT2D eigenvalue weighted by Gasteiger charge is -2.37. The van der Waals surface area contributed by atoms with Crippen LogP contribution in [0.3, 0.4) is 0 Å². The molecule has 1 unspecified atom stereocenters. The Bertz CT molecular complexity index is 1010. The van der Waals surface area contributed by atoms with Gasteiger partial charge in [0.25, 0.3) is 0 Å². The highest BCUT2D eigenvalue weighted by Gasteiger charge is 2.42. The van der Waals surface area contributed by atoms with Crippen molar-refractivity contribution < 1.29 is 18.1 Å². The second-order valence-electron chi connectivity index (χ2n) is 7.45. The van der Waals surface area contributed by atoms with Gasteiger partial charge in [-0.1, -0.05) is 11.6 Å². The van der Waals surface area contributed by atoms with Crippen LogP contribution < -0.4 is 4.74 Å². The Hall–Kier alpha value is -2.21. The summed E-state index contributed by atoms with van der Waals surface area (Å²) in [7, 11) is -3.55. The molecule has 0 bridgehead atoms. The van der Waals surface area contributed by atoms with E-state index in [4.69, 9.17) is 16.3 Å². The first-order chi connectivity index (χ1) is 13.7. The average Bonchev–Trinajstić information content (AvgIpc) is 3.17. The highest BCUT2D eigenvalue weighted by molar-refractivity contribution is 7.89. The van der Waals surface area contributed by atoms with E-state index in [2.05, 4.69) is 9.88 Å². The van der Waals surface area contributed by atoms with Gasteiger partial charge in [-0.25, -0.2) is 8.42 Å². The third-order valence-corrected chi connectivity index (χ3v) is 7.26. The van der Waals surface area contributed by atoms with Crippen molar-refractivity contribution in [3.05, 3.63) is 45.6 Å². The first-order valence-corrected chi connectivity index (χ1v) is 10.9. The highest BCUT2D eigenvalue weighted by Crippen LogP contribution is 2.32. The SMILES string of the molecule is CC1(CN2CCN(S(=O)(=O)c3ccc(Cl)cc3)CC2)Cn2cc([N+](=O)[O-])nc2O1. The van der Waals surface area contributed by atoms with E-state index >= 15 is 0 Å². The first-order valence-electron chi connectivity index (χ1n) is 9.05. The molecule has 2 aliphatic heterocycles. The second kappa shape index (κ2) is 7.24. The molecule has 2 aromatic rings. The summed E-state index contributed by atoms with van der Waals surface area (Å²) in [5.74, 6) is -0.233. The highest BCUT2D eigenvalue weighted by atomic mass is 35.5. The number of imidazole rings is 1. The van der Waals surface area contributed by atoms with Crippen molar-refractivity contribution in [3.63, 3.8) is 0 Å². The fourth-order valence-electron chi connectivity index (χ4n) is 3.72. The summed E-state index contributed by atoms with van der Waals surface area (Å²) in [6.45, 7) is 4.81. The molecular weight excluding hydrogens is 422 g/mol. The number of fused-ring (bicyclic) bond motifs is 1. The lowest BCUT2D eigenvalue weighted by Crippen LogP contribution is -2.53. The number of rotatable bonds is 5. The van der Waals surface area contributed by atoms with E-state index in [-0.39, 0.29) is 16.7 Å². The maximum absolute atomic E-state index is 12.8. The van der Waals surface area contributed by atoms with E-state index in [0.717, 1.165) is 0 Å². The van der Waals surface area contributed by atoms with Gasteiger partial charge in [0.05, 0.1) is 11.4 Å². The number of halogens is 1. The predicted octanol–water partition coefficient (Wildman–Crippen LogP) is 1.60. The molecule has 1 aromatic heterocycles. The van der Waals surface area contributed by atoms with Gasteiger partial charge in [0.15, 0.2) is 0 Å². The third-order valence-electron chi connectivity index (χ3n) is 5.10. The smallest absolute Gasteiger partial charge is 0.415 e. The van der Waals surface area contributed by atoms with Crippen LogP contribution in [0.1, 0.15) is 6.92 Å². The summed E-state index contributed by atoms with van der Waals surface area (Å²) in [5, 5.41) is 11.3. The van der Waals surface area contributed by atoms with Crippen molar-refractivity contribution in [1.29, 1.82) is 0 Å². The van der Waals surface area contributed by atoms with Gasteiger partial charge in [0, 0.05) is 42.7 Å². The van der Waals surface area contributed by atoms with E-state index in [9.17, 15) is 18.5 Å². The van der Waals surface area contributed by atoms with E-state index in [0.29, 0.717) is 44.3 Å². The summed E-state index contributed by atoms with van der Waals surface area (Å²) < 4.78 is 34.5. The largest absolute Gasteiger partial charge is 0.436 e. The van der Waals surface area contributed by atoms with Crippen LogP contribution >= 0.6 is 11.6 Å². The lowest BCUT2D eigenvalue weighted by molar-refractivity contribution is -0.389. The normalized spacial score (nSPS) is 23.0. The molecule has 1 fully saturated rings. The predicted molar refractivity (Wildman–Crippen MR) is 105 cm³/mol. The molecule has 2 aliphatic rings. The Morgan fingerprint density at radius 1 is 1.24 bits per heavy atom. The molecule has 0 radical (unpaired) electrons. The van der Waals surface area contributed by atoms with Crippen LogP contribution in [0.2, 0.25) is 5.02 Å². The summed E-state index contributed by atoms with van der Waals surface area (Å²) in [6.07, 6.45) is 1.37. The molecule has 0 N–H and O–H groups in total. The van der Waals surface area contributed by atoms with E-state index in [1.807, 2.05) is 6.92 Å². The molecule has 4 rings (SSSR count). The average molecular weight is 442 g/mol. The minimum absolute atomic E-state index is 0.230. The maximum atomic E-state index is 12.8. The summed E-state index contributed by atoms with van der Waals surface area (Å²) in [4.78, 5) is 16.5. The van der Waals surface area contributed by atoms with Gasteiger partial charge in [0.1, 0.15) is 11.8 Å². The van der Waals surface area contributed by atoms with Crippen LogP contribution in [0, 0.1) is 10.1 Å². The van der Waals surface area contributed by atoms with Crippen LogP contribution in [0.25, 0.3) is 0 Å². The third kappa shape index (κ3) is 3.95. The molecule has 0 aliphatic carbocycles. The molecule has 1 saturated heterocycles. The zero-order chi connectivity index (χ0) is 20.8. The Morgan fingerprint density at radius 2 is 1.90 bits per heavy atom. The molecule has 12 heteroatoms. The van der Waals surface area contributed by atoms with Gasteiger partial charge in [-0.3, -0.25) is 9.47 Å². The zero-order valence-electron chi connectivity index (χ0n) is 15.7. The van der Waals surface area contributed by atoms with Gasteiger partial charge in [-0.2, -0.15) is 4.31 Å². The number of sulfonamides is 1.